The molecule has 0 amide bonds. The average Bonchev–Trinajstić information content (AvgIpc) is 3.84. The third-order valence-corrected chi connectivity index (χ3v) is 23.8. The molecule has 7 aliphatic carbocycles. The van der Waals surface area contributed by atoms with Crippen molar-refractivity contribution in [3.63, 3.8) is 0 Å². The quantitative estimate of drug-likeness (QED) is 0.0662. The van der Waals surface area contributed by atoms with Gasteiger partial charge in [0.05, 0.1) is 17.3 Å². The number of aliphatic hydroxyl groups excluding tert-OH is 3. The number of fused-ring (bicyclic) bond motifs is 4. The predicted molar refractivity (Wildman–Crippen MR) is 297 cm³/mol. The largest absolute Gasteiger partial charge is 0.508 e. The molecule has 418 valence electrons. The van der Waals surface area contributed by atoms with Gasteiger partial charge in [-0.2, -0.15) is 0 Å². The maximum Gasteiger partial charge on any atom is 0.160 e. The number of hydrogen-bond donors (Lipinski definition) is 8. The Hall–Kier alpha value is -3.16. The number of Topliss-reactive ketones (excluding diaryl/α,β-unsaturated/α-hetero) is 2. The number of rotatable bonds is 14. The summed E-state index contributed by atoms with van der Waals surface area (Å²) in [4.78, 5) is 31.9. The molecule has 2 heterocycles. The first kappa shape index (κ1) is 54.8. The first-order valence-electron chi connectivity index (χ1n) is 30.5. The Morgan fingerprint density at radius 2 is 1.66 bits per heavy atom. The molecule has 2 aromatic carbocycles. The van der Waals surface area contributed by atoms with E-state index < -0.39 is 39.5 Å². The number of aliphatic hydroxyl groups is 4. The Balaban J connectivity index is 1.03. The van der Waals surface area contributed by atoms with Crippen LogP contribution in [-0.2, 0) is 20.9 Å². The lowest BCUT2D eigenvalue weighted by molar-refractivity contribution is -0.231. The molecule has 76 heavy (non-hydrogen) atoms. The number of phenolic OH excluding ortho intramolecular Hbond substituents is 1. The highest BCUT2D eigenvalue weighted by Gasteiger charge is 2.76. The normalized spacial score (nSPS) is 42.6. The van der Waals surface area contributed by atoms with Crippen LogP contribution in [0.15, 0.2) is 53.6 Å². The number of nitrogens with one attached hydrogen (secondary N) is 2. The number of epoxide rings is 1. The van der Waals surface area contributed by atoms with Crippen LogP contribution in [0.3, 0.4) is 0 Å². The van der Waals surface area contributed by atoms with E-state index in [-0.39, 0.29) is 83.6 Å². The monoisotopic (exact) mass is 1050 g/mol. The van der Waals surface area contributed by atoms with Gasteiger partial charge >= 0.3 is 0 Å². The molecule has 11 heteroatoms. The number of phenols is 1. The summed E-state index contributed by atoms with van der Waals surface area (Å²) in [5.74, 6) is 1.25. The zero-order chi connectivity index (χ0) is 53.6. The summed E-state index contributed by atoms with van der Waals surface area (Å²) < 4.78 is 6.76. The zero-order valence-electron chi connectivity index (χ0n) is 46.9. The van der Waals surface area contributed by atoms with E-state index in [4.69, 9.17) is 10.5 Å². The van der Waals surface area contributed by atoms with Crippen molar-refractivity contribution >= 4 is 17.3 Å². The van der Waals surface area contributed by atoms with Crippen LogP contribution in [0.25, 0.3) is 0 Å². The van der Waals surface area contributed by atoms with Gasteiger partial charge in [0.25, 0.3) is 0 Å². The average molecular weight is 1050 g/mol. The standard InChI is InChI=1S/C65H95N3O8/c1-60(75)23-8-9-24-61(2)57-52(68-38-60)34-64(25-26-69)55(65(57,44-16-6-7-17-44)33-49(58(61)74)43-28-40(36-67-5)29-46(71)31-43)22-21-51-56(54(73)35-62(51,64)3)48(41-14-10-13-39(27-41)37-70)32-53(72)59-63(4,76-59)50-20-12-19-47(50)42-15-11-18-45(66)30-42/h11,15,18,28-31,39,41,44,47-50,52-53,55,57,59,67-72,75H,6-10,12-14,16-17,19-27,32-38,66H2,1-5H3/t39-,41+,47+,48-,49+,50-,52-,53+,55-,57-,59+,60+,61+,62-,63+,64-,65+/m0/s1. The molecule has 9 N–H and O–H groups in total. The van der Waals surface area contributed by atoms with Crippen LogP contribution in [0, 0.1) is 63.1 Å². The molecule has 17 atom stereocenters. The van der Waals surface area contributed by atoms with Crippen molar-refractivity contribution in [3.8, 4) is 5.75 Å². The van der Waals surface area contributed by atoms with E-state index in [1.807, 2.05) is 38.2 Å². The number of aromatic hydroxyl groups is 1. The second-order valence-electron chi connectivity index (χ2n) is 27.9. The number of benzene rings is 2. The molecule has 0 spiro atoms. The van der Waals surface area contributed by atoms with Crippen molar-refractivity contribution in [1.82, 2.24) is 10.6 Å². The van der Waals surface area contributed by atoms with Gasteiger partial charge in [0.2, 0.25) is 0 Å². The van der Waals surface area contributed by atoms with Crippen molar-refractivity contribution < 1.29 is 39.9 Å². The van der Waals surface area contributed by atoms with E-state index in [1.54, 1.807) is 0 Å². The predicted octanol–water partition coefficient (Wildman–Crippen LogP) is 10.2. The topological polar surface area (TPSA) is 198 Å². The highest BCUT2D eigenvalue weighted by Crippen LogP contribution is 2.79. The number of hydrogen-bond acceptors (Lipinski definition) is 11. The molecule has 2 saturated heterocycles. The van der Waals surface area contributed by atoms with Crippen LogP contribution in [0.1, 0.15) is 197 Å². The molecule has 0 radical (unpaired) electrons. The van der Waals surface area contributed by atoms with Gasteiger partial charge in [-0.15, -0.1) is 0 Å². The first-order chi connectivity index (χ1) is 36.4. The molecular formula is C65H95N3O8. The Labute approximate surface area is 454 Å². The van der Waals surface area contributed by atoms with Gasteiger partial charge in [-0.25, -0.2) is 0 Å². The van der Waals surface area contributed by atoms with Crippen LogP contribution < -0.4 is 16.4 Å². The van der Waals surface area contributed by atoms with Crippen molar-refractivity contribution in [2.45, 2.75) is 217 Å². The van der Waals surface area contributed by atoms with Crippen LogP contribution >= 0.6 is 0 Å². The lowest BCUT2D eigenvalue weighted by atomic mass is 9.30. The van der Waals surface area contributed by atoms with Crippen LogP contribution in [-0.4, -0.2) is 93.4 Å². The number of nitrogen functional groups attached to an aromatic ring is 1. The maximum absolute atomic E-state index is 16.0. The number of allylic oxidation sites excluding steroid dienone is 2. The molecule has 11 nitrogen and oxygen atoms in total. The minimum Gasteiger partial charge on any atom is -0.508 e. The maximum atomic E-state index is 16.0. The Morgan fingerprint density at radius 1 is 0.882 bits per heavy atom. The van der Waals surface area contributed by atoms with Gasteiger partial charge in [0, 0.05) is 61.2 Å². The molecule has 8 fully saturated rings. The third kappa shape index (κ3) is 9.01. The molecule has 2 aliphatic heterocycles. The highest BCUT2D eigenvalue weighted by atomic mass is 16.6. The van der Waals surface area contributed by atoms with Crippen molar-refractivity contribution in [3.05, 3.63) is 70.3 Å². The first-order valence-corrected chi connectivity index (χ1v) is 30.5. The van der Waals surface area contributed by atoms with E-state index in [1.165, 1.54) is 11.1 Å². The minimum absolute atomic E-state index is 0.0173. The number of nitrogens with two attached hydrogens (primary N) is 1. The van der Waals surface area contributed by atoms with E-state index in [9.17, 15) is 25.5 Å². The Bertz CT molecular complexity index is 2520. The summed E-state index contributed by atoms with van der Waals surface area (Å²) in [6.45, 7) is 9.93. The number of carbonyl (C=O) groups is 2. The van der Waals surface area contributed by atoms with Gasteiger partial charge < -0.3 is 46.6 Å². The van der Waals surface area contributed by atoms with Crippen molar-refractivity contribution in [1.29, 1.82) is 0 Å². The summed E-state index contributed by atoms with van der Waals surface area (Å²) >= 11 is 0. The zero-order valence-corrected chi connectivity index (χ0v) is 46.9. The second kappa shape index (κ2) is 20.7. The summed E-state index contributed by atoms with van der Waals surface area (Å²) in [7, 11) is 1.91. The lowest BCUT2D eigenvalue weighted by Gasteiger charge is -2.74. The summed E-state index contributed by atoms with van der Waals surface area (Å²) in [5.41, 5.74) is 8.74. The SMILES string of the molecule is CNCc1cc(O)cc([C@H]2C[C@@]3(C4CCCC4)[C@H]4CCC5=C([C@@H](C[C@@H](O)[C@H]6O[C@]6(C)[C@H]6CCC[C@@H]6c6cccc(N)c6)[C@@H]6CCC[C@H](CO)C6)C(=O)C[C@]5(C)[C@@]4(CCO)C[C@@H]4NC[C@](C)(O)CCCC[C@@](C)(C2=O)[C@H]43)c1. The molecule has 0 unspecified atom stereocenters. The molecule has 0 bridgehead atoms. The van der Waals surface area contributed by atoms with Gasteiger partial charge in [-0.3, -0.25) is 9.59 Å². The van der Waals surface area contributed by atoms with Gasteiger partial charge in [-0.05, 0) is 222 Å². The van der Waals surface area contributed by atoms with E-state index in [0.717, 1.165) is 125 Å². The summed E-state index contributed by atoms with van der Waals surface area (Å²) in [6.07, 6.45) is 17.5. The number of β-amino-alcohol motifs (C(OH)–C–C–N with tert-alkyl or cyclic N) is 1. The minimum atomic E-state index is -0.939. The molecule has 11 rings (SSSR count). The number of ketones is 2. The summed E-state index contributed by atoms with van der Waals surface area (Å²) in [5, 5.41) is 66.0. The Kier molecular flexibility index (Phi) is 14.9. The van der Waals surface area contributed by atoms with E-state index in [0.29, 0.717) is 63.5 Å². The Morgan fingerprint density at radius 3 is 2.41 bits per heavy atom. The number of carbonyl (C=O) groups excluding carboxylic acids is 2. The van der Waals surface area contributed by atoms with Crippen molar-refractivity contribution in [2.24, 2.45) is 63.1 Å². The van der Waals surface area contributed by atoms with Crippen LogP contribution in [0.4, 0.5) is 5.69 Å². The fourth-order valence-corrected chi connectivity index (χ4v) is 20.7. The molecule has 2 aromatic rings. The molecule has 9 aliphatic rings. The molecular weight excluding hydrogens is 951 g/mol. The van der Waals surface area contributed by atoms with Crippen LogP contribution in [0.2, 0.25) is 0 Å². The van der Waals surface area contributed by atoms with Gasteiger partial charge in [-0.1, -0.05) is 76.1 Å². The second-order valence-corrected chi connectivity index (χ2v) is 27.9. The highest BCUT2D eigenvalue weighted by molar-refractivity contribution is 6.01. The van der Waals surface area contributed by atoms with E-state index >= 15 is 9.59 Å². The fraction of sp³-hybridized carbons (Fsp3) is 0.754. The molecule has 0 aromatic heterocycles. The fourth-order valence-electron chi connectivity index (χ4n) is 20.7. The lowest BCUT2D eigenvalue weighted by Crippen LogP contribution is -2.73. The smallest absolute Gasteiger partial charge is 0.160 e. The van der Waals surface area contributed by atoms with E-state index in [2.05, 4.69) is 49.6 Å². The number of ether oxygens (including phenoxy) is 1. The van der Waals surface area contributed by atoms with Crippen molar-refractivity contribution in [2.75, 3.05) is 32.5 Å². The van der Waals surface area contributed by atoms with Gasteiger partial charge in [0.15, 0.2) is 5.78 Å². The number of anilines is 1. The summed E-state index contributed by atoms with van der Waals surface area (Å²) in [6, 6.07) is 13.9. The van der Waals surface area contributed by atoms with Crippen LogP contribution in [0.5, 0.6) is 5.75 Å². The molecule has 6 saturated carbocycles. The van der Waals surface area contributed by atoms with Gasteiger partial charge in [0.1, 0.15) is 17.6 Å². The third-order valence-electron chi connectivity index (χ3n) is 23.8.